The number of aliphatic hydroxyl groups is 1. The van der Waals surface area contributed by atoms with Crippen LogP contribution in [0.1, 0.15) is 28.1 Å². The molecule has 0 atom stereocenters. The van der Waals surface area contributed by atoms with Crippen LogP contribution in [-0.4, -0.2) is 37.7 Å². The van der Waals surface area contributed by atoms with Crippen LogP contribution in [0.25, 0.3) is 0 Å². The molecule has 0 bridgehead atoms. The lowest BCUT2D eigenvalue weighted by Gasteiger charge is -2.21. The molecule has 0 aliphatic rings. The van der Waals surface area contributed by atoms with Crippen molar-refractivity contribution in [2.75, 3.05) is 13.2 Å². The van der Waals surface area contributed by atoms with Crippen LogP contribution in [0, 0.1) is 13.8 Å². The van der Waals surface area contributed by atoms with Crippen molar-refractivity contribution in [1.82, 2.24) is 19.4 Å². The Hall–Kier alpha value is -2.50. The van der Waals surface area contributed by atoms with Crippen LogP contribution in [0.4, 0.5) is 0 Å². The molecule has 0 radical (unpaired) electrons. The van der Waals surface area contributed by atoms with Crippen molar-refractivity contribution in [3.63, 3.8) is 0 Å². The van der Waals surface area contributed by atoms with E-state index < -0.39 is 0 Å². The highest BCUT2D eigenvalue weighted by Crippen LogP contribution is 2.19. The van der Waals surface area contributed by atoms with E-state index in [1.807, 2.05) is 24.5 Å². The number of aryl methyl sites for hydroxylation is 1. The minimum absolute atomic E-state index is 0.148. The van der Waals surface area contributed by atoms with E-state index in [-0.39, 0.29) is 6.61 Å². The normalized spacial score (nSPS) is 11.2. The average Bonchev–Trinajstić information content (AvgIpc) is 2.91. The lowest BCUT2D eigenvalue weighted by atomic mass is 10.2. The molecule has 5 nitrogen and oxygen atoms in total. The van der Waals surface area contributed by atoms with E-state index in [1.54, 1.807) is 12.4 Å². The minimum Gasteiger partial charge on any atom is -0.395 e. The molecule has 3 aromatic rings. The molecule has 3 aromatic heterocycles. The van der Waals surface area contributed by atoms with Crippen molar-refractivity contribution in [2.24, 2.45) is 0 Å². The number of hydrogen-bond donors (Lipinski definition) is 1. The van der Waals surface area contributed by atoms with Gasteiger partial charge in [0.25, 0.3) is 0 Å². The first-order chi connectivity index (χ1) is 12.7. The van der Waals surface area contributed by atoms with E-state index in [4.69, 9.17) is 0 Å². The Morgan fingerprint density at radius 2 is 1.69 bits per heavy atom. The molecule has 136 valence electrons. The largest absolute Gasteiger partial charge is 0.395 e. The first kappa shape index (κ1) is 18.3. The average molecular weight is 350 g/mol. The zero-order valence-electron chi connectivity index (χ0n) is 15.5. The fraction of sp³-hybridized carbons (Fsp3) is 0.333. The Labute approximate surface area is 155 Å². The van der Waals surface area contributed by atoms with E-state index in [0.29, 0.717) is 6.54 Å². The molecule has 1 N–H and O–H groups in total. The van der Waals surface area contributed by atoms with Gasteiger partial charge in [-0.15, -0.1) is 0 Å². The van der Waals surface area contributed by atoms with Crippen LogP contribution >= 0.6 is 0 Å². The van der Waals surface area contributed by atoms with E-state index in [0.717, 1.165) is 25.2 Å². The molecule has 0 saturated heterocycles. The lowest BCUT2D eigenvalue weighted by Crippen LogP contribution is -2.26. The number of pyridine rings is 2. The maximum absolute atomic E-state index is 9.45. The quantitative estimate of drug-likeness (QED) is 0.679. The van der Waals surface area contributed by atoms with Crippen LogP contribution in [0.15, 0.2) is 55.1 Å². The predicted octanol–water partition coefficient (Wildman–Crippen LogP) is 2.94. The zero-order chi connectivity index (χ0) is 18.4. The second kappa shape index (κ2) is 8.74. The summed E-state index contributed by atoms with van der Waals surface area (Å²) in [4.78, 5) is 10.7. The van der Waals surface area contributed by atoms with Crippen molar-refractivity contribution >= 4 is 0 Å². The second-order valence-corrected chi connectivity index (χ2v) is 6.64. The van der Waals surface area contributed by atoms with Gasteiger partial charge in [-0.05, 0) is 48.7 Å². The van der Waals surface area contributed by atoms with Crippen molar-refractivity contribution in [3.8, 4) is 0 Å². The molecule has 26 heavy (non-hydrogen) atoms. The van der Waals surface area contributed by atoms with Crippen LogP contribution in [-0.2, 0) is 19.6 Å². The van der Waals surface area contributed by atoms with E-state index >= 15 is 0 Å². The van der Waals surface area contributed by atoms with Gasteiger partial charge >= 0.3 is 0 Å². The molecular weight excluding hydrogens is 324 g/mol. The first-order valence-corrected chi connectivity index (χ1v) is 8.94. The van der Waals surface area contributed by atoms with Gasteiger partial charge in [0, 0.05) is 62.4 Å². The molecule has 3 rings (SSSR count). The maximum Gasteiger partial charge on any atom is 0.0558 e. The first-order valence-electron chi connectivity index (χ1n) is 8.94. The van der Waals surface area contributed by atoms with Crippen molar-refractivity contribution in [3.05, 3.63) is 83.2 Å². The smallest absolute Gasteiger partial charge is 0.0558 e. The Bertz CT molecular complexity index is 815. The number of aliphatic hydroxyl groups excluding tert-OH is 1. The lowest BCUT2D eigenvalue weighted by molar-refractivity contribution is 0.184. The van der Waals surface area contributed by atoms with E-state index in [9.17, 15) is 5.11 Å². The summed E-state index contributed by atoms with van der Waals surface area (Å²) in [5.41, 5.74) is 6.16. The third-order valence-corrected chi connectivity index (χ3v) is 4.68. The third-order valence-electron chi connectivity index (χ3n) is 4.68. The Kier molecular flexibility index (Phi) is 6.15. The third kappa shape index (κ3) is 4.56. The molecule has 0 amide bonds. The Morgan fingerprint density at radius 3 is 2.31 bits per heavy atom. The standard InChI is InChI=1S/C21H26N4O/c1-17-11-21(18(2)25(17)15-20-6-4-8-23-13-20)16-24(9-10-26)14-19-5-3-7-22-12-19/h3-8,11-13,26H,9-10,14-16H2,1-2H3. The minimum atomic E-state index is 0.148. The summed E-state index contributed by atoms with van der Waals surface area (Å²) in [5, 5.41) is 9.45. The number of aromatic nitrogens is 3. The molecule has 0 spiro atoms. The van der Waals surface area contributed by atoms with Gasteiger partial charge in [0.1, 0.15) is 0 Å². The SMILES string of the molecule is Cc1cc(CN(CCO)Cc2cccnc2)c(C)n1Cc1cccnc1. The van der Waals surface area contributed by atoms with Crippen molar-refractivity contribution in [1.29, 1.82) is 0 Å². The summed E-state index contributed by atoms with van der Waals surface area (Å²) in [6, 6.07) is 10.3. The van der Waals surface area contributed by atoms with Gasteiger partial charge in [0.05, 0.1) is 6.61 Å². The van der Waals surface area contributed by atoms with Gasteiger partial charge in [0.2, 0.25) is 0 Å². The highest BCUT2D eigenvalue weighted by molar-refractivity contribution is 5.28. The van der Waals surface area contributed by atoms with Crippen LogP contribution in [0.2, 0.25) is 0 Å². The van der Waals surface area contributed by atoms with Crippen LogP contribution in [0.3, 0.4) is 0 Å². The van der Waals surface area contributed by atoms with Crippen LogP contribution in [0.5, 0.6) is 0 Å². The summed E-state index contributed by atoms with van der Waals surface area (Å²) in [6.07, 6.45) is 7.39. The molecule has 5 heteroatoms. The molecule has 3 heterocycles. The molecule has 0 unspecified atom stereocenters. The second-order valence-electron chi connectivity index (χ2n) is 6.64. The van der Waals surface area contributed by atoms with Gasteiger partial charge in [-0.1, -0.05) is 12.1 Å². The van der Waals surface area contributed by atoms with Crippen molar-refractivity contribution in [2.45, 2.75) is 33.5 Å². The van der Waals surface area contributed by atoms with Crippen molar-refractivity contribution < 1.29 is 5.11 Å². The van der Waals surface area contributed by atoms with Gasteiger partial charge in [-0.3, -0.25) is 14.9 Å². The summed E-state index contributed by atoms with van der Waals surface area (Å²) in [5.74, 6) is 0. The highest BCUT2D eigenvalue weighted by atomic mass is 16.3. The Balaban J connectivity index is 1.76. The highest BCUT2D eigenvalue weighted by Gasteiger charge is 2.14. The van der Waals surface area contributed by atoms with Gasteiger partial charge in [0.15, 0.2) is 0 Å². The summed E-state index contributed by atoms with van der Waals surface area (Å²) < 4.78 is 2.33. The van der Waals surface area contributed by atoms with E-state index in [2.05, 4.69) is 51.5 Å². The molecule has 0 aromatic carbocycles. The summed E-state index contributed by atoms with van der Waals surface area (Å²) in [7, 11) is 0. The predicted molar refractivity (Wildman–Crippen MR) is 103 cm³/mol. The maximum atomic E-state index is 9.45. The molecular formula is C21H26N4O. The summed E-state index contributed by atoms with van der Waals surface area (Å²) >= 11 is 0. The molecule has 0 aliphatic heterocycles. The van der Waals surface area contributed by atoms with E-state index in [1.165, 1.54) is 22.5 Å². The van der Waals surface area contributed by atoms with Crippen LogP contribution < -0.4 is 0 Å². The zero-order valence-corrected chi connectivity index (χ0v) is 15.5. The van der Waals surface area contributed by atoms with Gasteiger partial charge in [-0.25, -0.2) is 0 Å². The monoisotopic (exact) mass is 350 g/mol. The fourth-order valence-electron chi connectivity index (χ4n) is 3.30. The Morgan fingerprint density at radius 1 is 1.00 bits per heavy atom. The fourth-order valence-corrected chi connectivity index (χ4v) is 3.30. The molecule has 0 saturated carbocycles. The molecule has 0 fully saturated rings. The number of rotatable bonds is 8. The van der Waals surface area contributed by atoms with Gasteiger partial charge < -0.3 is 9.67 Å². The summed E-state index contributed by atoms with van der Waals surface area (Å²) in [6.45, 7) is 7.51. The van der Waals surface area contributed by atoms with Gasteiger partial charge in [-0.2, -0.15) is 0 Å². The number of nitrogens with zero attached hydrogens (tertiary/aromatic N) is 4. The number of hydrogen-bond acceptors (Lipinski definition) is 4. The molecule has 0 aliphatic carbocycles. The topological polar surface area (TPSA) is 54.2 Å².